The number of para-hydroxylation sites is 1. The molecule has 27 heavy (non-hydrogen) atoms. The van der Waals surface area contributed by atoms with Crippen molar-refractivity contribution in [2.24, 2.45) is 0 Å². The van der Waals surface area contributed by atoms with Crippen LogP contribution in [-0.2, 0) is 17.8 Å². The Bertz CT molecular complexity index is 802. The van der Waals surface area contributed by atoms with Crippen molar-refractivity contribution in [1.82, 2.24) is 9.80 Å². The summed E-state index contributed by atoms with van der Waals surface area (Å²) in [6.07, 6.45) is 1.51. The van der Waals surface area contributed by atoms with E-state index in [-0.39, 0.29) is 11.7 Å². The van der Waals surface area contributed by atoms with Gasteiger partial charge in [-0.05, 0) is 29.7 Å². The predicted octanol–water partition coefficient (Wildman–Crippen LogP) is 2.92. The molecule has 142 valence electrons. The largest absolute Gasteiger partial charge is 0.367 e. The Kier molecular flexibility index (Phi) is 5.39. The van der Waals surface area contributed by atoms with Crippen LogP contribution in [0.1, 0.15) is 17.5 Å². The smallest absolute Gasteiger partial charge is 0.224 e. The molecule has 4 rings (SSSR count). The summed E-state index contributed by atoms with van der Waals surface area (Å²) >= 11 is 0. The van der Waals surface area contributed by atoms with Gasteiger partial charge in [-0.25, -0.2) is 4.39 Å². The third kappa shape index (κ3) is 4.14. The molecule has 2 aromatic carbocycles. The summed E-state index contributed by atoms with van der Waals surface area (Å²) in [5, 5.41) is 0. The van der Waals surface area contributed by atoms with Crippen LogP contribution in [0.2, 0.25) is 0 Å². The van der Waals surface area contributed by atoms with E-state index in [4.69, 9.17) is 0 Å². The molecule has 2 aromatic rings. The SMILES string of the molecule is O=C(CCN1CCN(c2ccccc2F)CC1)N1CCc2ccccc2C1. The molecule has 0 radical (unpaired) electrons. The van der Waals surface area contributed by atoms with Crippen molar-refractivity contribution in [1.29, 1.82) is 0 Å². The number of carbonyl (C=O) groups excluding carboxylic acids is 1. The monoisotopic (exact) mass is 367 g/mol. The fraction of sp³-hybridized carbons (Fsp3) is 0.409. The molecule has 0 atom stereocenters. The highest BCUT2D eigenvalue weighted by molar-refractivity contribution is 5.76. The van der Waals surface area contributed by atoms with Crippen molar-refractivity contribution >= 4 is 11.6 Å². The van der Waals surface area contributed by atoms with Gasteiger partial charge in [0.1, 0.15) is 5.82 Å². The molecule has 0 aliphatic carbocycles. The summed E-state index contributed by atoms with van der Waals surface area (Å²) in [5.41, 5.74) is 3.32. The lowest BCUT2D eigenvalue weighted by molar-refractivity contribution is -0.132. The molecule has 0 bridgehead atoms. The van der Waals surface area contributed by atoms with E-state index in [1.54, 1.807) is 6.07 Å². The van der Waals surface area contributed by atoms with E-state index in [1.807, 2.05) is 23.1 Å². The molecule has 5 heteroatoms. The highest BCUT2D eigenvalue weighted by Crippen LogP contribution is 2.21. The van der Waals surface area contributed by atoms with Gasteiger partial charge in [0.2, 0.25) is 5.91 Å². The zero-order chi connectivity index (χ0) is 18.6. The highest BCUT2D eigenvalue weighted by atomic mass is 19.1. The maximum absolute atomic E-state index is 13.9. The van der Waals surface area contributed by atoms with Gasteiger partial charge < -0.3 is 9.80 Å². The number of nitrogens with zero attached hydrogens (tertiary/aromatic N) is 3. The van der Waals surface area contributed by atoms with Gasteiger partial charge in [0.25, 0.3) is 0 Å². The highest BCUT2D eigenvalue weighted by Gasteiger charge is 2.23. The summed E-state index contributed by atoms with van der Waals surface area (Å²) in [6, 6.07) is 15.3. The number of benzene rings is 2. The van der Waals surface area contributed by atoms with Crippen LogP contribution in [0.5, 0.6) is 0 Å². The minimum atomic E-state index is -0.161. The van der Waals surface area contributed by atoms with E-state index < -0.39 is 0 Å². The van der Waals surface area contributed by atoms with E-state index >= 15 is 0 Å². The van der Waals surface area contributed by atoms with E-state index in [0.29, 0.717) is 12.1 Å². The quantitative estimate of drug-likeness (QED) is 0.831. The van der Waals surface area contributed by atoms with Crippen LogP contribution in [0, 0.1) is 5.82 Å². The van der Waals surface area contributed by atoms with E-state index in [9.17, 15) is 9.18 Å². The van der Waals surface area contributed by atoms with Crippen molar-refractivity contribution in [2.45, 2.75) is 19.4 Å². The number of rotatable bonds is 4. The Morgan fingerprint density at radius 3 is 2.37 bits per heavy atom. The predicted molar refractivity (Wildman–Crippen MR) is 105 cm³/mol. The molecule has 0 aromatic heterocycles. The van der Waals surface area contributed by atoms with Crippen LogP contribution < -0.4 is 4.90 Å². The number of amides is 1. The van der Waals surface area contributed by atoms with Crippen LogP contribution >= 0.6 is 0 Å². The van der Waals surface area contributed by atoms with Crippen molar-refractivity contribution in [3.8, 4) is 0 Å². The molecule has 0 unspecified atom stereocenters. The topological polar surface area (TPSA) is 26.8 Å². The van der Waals surface area contributed by atoms with Crippen LogP contribution in [-0.4, -0.2) is 55.0 Å². The first kappa shape index (κ1) is 18.0. The summed E-state index contributed by atoms with van der Waals surface area (Å²) in [4.78, 5) is 19.0. The molecule has 1 saturated heterocycles. The van der Waals surface area contributed by atoms with Gasteiger partial charge in [-0.1, -0.05) is 36.4 Å². The molecule has 4 nitrogen and oxygen atoms in total. The Morgan fingerprint density at radius 1 is 0.889 bits per heavy atom. The minimum absolute atomic E-state index is 0.161. The Hall–Kier alpha value is -2.40. The summed E-state index contributed by atoms with van der Waals surface area (Å²) in [7, 11) is 0. The van der Waals surface area contributed by atoms with Gasteiger partial charge in [0, 0.05) is 52.2 Å². The summed E-state index contributed by atoms with van der Waals surface area (Å²) < 4.78 is 13.9. The number of hydrogen-bond acceptors (Lipinski definition) is 3. The van der Waals surface area contributed by atoms with Gasteiger partial charge in [-0.3, -0.25) is 9.69 Å². The lowest BCUT2D eigenvalue weighted by Crippen LogP contribution is -2.47. The molecule has 1 fully saturated rings. The normalized spacial score (nSPS) is 17.7. The first-order valence-electron chi connectivity index (χ1n) is 9.77. The number of halogens is 1. The lowest BCUT2D eigenvalue weighted by atomic mass is 10.00. The Balaban J connectivity index is 1.25. The molecule has 2 heterocycles. The van der Waals surface area contributed by atoms with Crippen molar-refractivity contribution in [3.05, 3.63) is 65.5 Å². The fourth-order valence-corrected chi connectivity index (χ4v) is 4.04. The standard InChI is InChI=1S/C22H26FN3O/c23-20-7-3-4-8-21(20)25-15-13-24(14-16-25)11-10-22(27)26-12-9-18-5-1-2-6-19(18)17-26/h1-8H,9-17H2. The third-order valence-corrected chi connectivity index (χ3v) is 5.69. The molecule has 0 saturated carbocycles. The summed E-state index contributed by atoms with van der Waals surface area (Å²) in [6.45, 7) is 5.66. The average Bonchev–Trinajstić information content (AvgIpc) is 2.72. The van der Waals surface area contributed by atoms with Crippen molar-refractivity contribution in [2.75, 3.05) is 44.2 Å². The molecule has 1 amide bonds. The van der Waals surface area contributed by atoms with Crippen molar-refractivity contribution in [3.63, 3.8) is 0 Å². The Labute approximate surface area is 160 Å². The molecular weight excluding hydrogens is 341 g/mol. The van der Waals surface area contributed by atoms with Crippen molar-refractivity contribution < 1.29 is 9.18 Å². The maximum Gasteiger partial charge on any atom is 0.224 e. The number of hydrogen-bond donors (Lipinski definition) is 0. The van der Waals surface area contributed by atoms with Gasteiger partial charge in [0.05, 0.1) is 5.69 Å². The zero-order valence-electron chi connectivity index (χ0n) is 15.6. The minimum Gasteiger partial charge on any atom is -0.367 e. The van der Waals surface area contributed by atoms with Gasteiger partial charge >= 0.3 is 0 Å². The zero-order valence-corrected chi connectivity index (χ0v) is 15.6. The maximum atomic E-state index is 13.9. The van der Waals surface area contributed by atoms with Gasteiger partial charge in [0.15, 0.2) is 0 Å². The lowest BCUT2D eigenvalue weighted by Gasteiger charge is -2.36. The molecule has 2 aliphatic rings. The second-order valence-corrected chi connectivity index (χ2v) is 7.36. The second kappa shape index (κ2) is 8.09. The van der Waals surface area contributed by atoms with Gasteiger partial charge in [-0.2, -0.15) is 0 Å². The second-order valence-electron chi connectivity index (χ2n) is 7.36. The van der Waals surface area contributed by atoms with Crippen LogP contribution in [0.4, 0.5) is 10.1 Å². The first-order valence-corrected chi connectivity index (χ1v) is 9.77. The van der Waals surface area contributed by atoms with Gasteiger partial charge in [-0.15, -0.1) is 0 Å². The number of carbonyl (C=O) groups is 1. The molecular formula is C22H26FN3O. The number of piperazine rings is 1. The van der Waals surface area contributed by atoms with E-state index in [0.717, 1.165) is 52.2 Å². The number of fused-ring (bicyclic) bond motifs is 1. The summed E-state index contributed by atoms with van der Waals surface area (Å²) in [5.74, 6) is 0.0764. The van der Waals surface area contributed by atoms with E-state index in [2.05, 4.69) is 28.0 Å². The first-order chi connectivity index (χ1) is 13.2. The average molecular weight is 367 g/mol. The molecule has 2 aliphatic heterocycles. The fourth-order valence-electron chi connectivity index (χ4n) is 4.04. The van der Waals surface area contributed by atoms with Crippen LogP contribution in [0.15, 0.2) is 48.5 Å². The molecule has 0 spiro atoms. The van der Waals surface area contributed by atoms with Crippen LogP contribution in [0.3, 0.4) is 0 Å². The van der Waals surface area contributed by atoms with E-state index in [1.165, 1.54) is 17.2 Å². The number of anilines is 1. The van der Waals surface area contributed by atoms with Crippen LogP contribution in [0.25, 0.3) is 0 Å². The third-order valence-electron chi connectivity index (χ3n) is 5.69. The molecule has 0 N–H and O–H groups in total. The Morgan fingerprint density at radius 2 is 1.59 bits per heavy atom.